The number of hydrogen-bond donors (Lipinski definition) is 0. The van der Waals surface area contributed by atoms with Crippen molar-refractivity contribution >= 4 is 11.6 Å². The second-order valence-electron chi connectivity index (χ2n) is 3.52. The summed E-state index contributed by atoms with van der Waals surface area (Å²) in [5, 5.41) is 3.85. The molecule has 0 fully saturated rings. The van der Waals surface area contributed by atoms with Gasteiger partial charge in [-0.15, -0.1) is 0 Å². The number of halogens is 2. The molecule has 5 nitrogen and oxygen atoms in total. The fourth-order valence-corrected chi connectivity index (χ4v) is 1.70. The van der Waals surface area contributed by atoms with Crippen LogP contribution in [0, 0.1) is 5.82 Å². The monoisotopic (exact) mass is 269 g/mol. The third kappa shape index (κ3) is 2.06. The fourth-order valence-electron chi connectivity index (χ4n) is 1.54. The standard InChI is InChI=1S/C11H9ClFN3O2/c1-2-15-10(17)6-14-16(11(15)18)9-4-3-7(12)5-8(9)13/h3-6H,2H2,1H3. The lowest BCUT2D eigenvalue weighted by atomic mass is 10.3. The smallest absolute Gasteiger partial charge is 0.267 e. The van der Waals surface area contributed by atoms with Crippen molar-refractivity contribution in [2.75, 3.05) is 0 Å². The van der Waals surface area contributed by atoms with E-state index in [2.05, 4.69) is 5.10 Å². The van der Waals surface area contributed by atoms with Crippen molar-refractivity contribution in [2.45, 2.75) is 13.5 Å². The second-order valence-corrected chi connectivity index (χ2v) is 3.95. The summed E-state index contributed by atoms with van der Waals surface area (Å²) in [4.78, 5) is 23.3. The van der Waals surface area contributed by atoms with Gasteiger partial charge < -0.3 is 0 Å². The molecule has 94 valence electrons. The minimum absolute atomic E-state index is 0.0494. The second kappa shape index (κ2) is 4.73. The molecule has 2 rings (SSSR count). The Balaban J connectivity index is 2.73. The largest absolute Gasteiger partial charge is 0.352 e. The van der Waals surface area contributed by atoms with Crippen molar-refractivity contribution in [3.63, 3.8) is 0 Å². The fraction of sp³-hybridized carbons (Fsp3) is 0.182. The quantitative estimate of drug-likeness (QED) is 0.823. The Labute approximate surface area is 106 Å². The van der Waals surface area contributed by atoms with E-state index < -0.39 is 17.1 Å². The molecule has 0 amide bonds. The Morgan fingerprint density at radius 3 is 2.72 bits per heavy atom. The van der Waals surface area contributed by atoms with Crippen molar-refractivity contribution in [3.8, 4) is 5.69 Å². The summed E-state index contributed by atoms with van der Waals surface area (Å²) < 4.78 is 15.5. The maximum Gasteiger partial charge on any atom is 0.352 e. The first-order valence-electron chi connectivity index (χ1n) is 5.19. The van der Waals surface area contributed by atoms with Crippen LogP contribution in [0.15, 0.2) is 34.0 Å². The molecular formula is C11H9ClFN3O2. The van der Waals surface area contributed by atoms with E-state index in [0.717, 1.165) is 21.5 Å². The highest BCUT2D eigenvalue weighted by Gasteiger charge is 2.11. The molecule has 1 heterocycles. The highest BCUT2D eigenvalue weighted by Crippen LogP contribution is 2.15. The zero-order valence-corrected chi connectivity index (χ0v) is 10.2. The Morgan fingerprint density at radius 2 is 2.11 bits per heavy atom. The zero-order valence-electron chi connectivity index (χ0n) is 9.43. The lowest BCUT2D eigenvalue weighted by molar-refractivity contribution is 0.567. The van der Waals surface area contributed by atoms with E-state index in [1.165, 1.54) is 12.1 Å². The molecule has 0 aliphatic carbocycles. The molecule has 1 aromatic heterocycles. The van der Waals surface area contributed by atoms with Gasteiger partial charge in [-0.1, -0.05) is 11.6 Å². The van der Waals surface area contributed by atoms with Crippen LogP contribution in [0.25, 0.3) is 5.69 Å². The van der Waals surface area contributed by atoms with E-state index in [9.17, 15) is 14.0 Å². The van der Waals surface area contributed by atoms with Crippen LogP contribution in [-0.4, -0.2) is 14.3 Å². The molecule has 18 heavy (non-hydrogen) atoms. The van der Waals surface area contributed by atoms with Gasteiger partial charge in [-0.3, -0.25) is 9.36 Å². The molecule has 0 saturated carbocycles. The highest BCUT2D eigenvalue weighted by atomic mass is 35.5. The Morgan fingerprint density at radius 1 is 1.39 bits per heavy atom. The van der Waals surface area contributed by atoms with Gasteiger partial charge in [0.2, 0.25) is 0 Å². The van der Waals surface area contributed by atoms with E-state index in [4.69, 9.17) is 11.6 Å². The van der Waals surface area contributed by atoms with Crippen LogP contribution in [0.5, 0.6) is 0 Å². The van der Waals surface area contributed by atoms with Crippen LogP contribution in [0.4, 0.5) is 4.39 Å². The van der Waals surface area contributed by atoms with E-state index in [1.807, 2.05) is 0 Å². The Hall–Kier alpha value is -1.95. The molecule has 0 radical (unpaired) electrons. The number of rotatable bonds is 2. The number of nitrogens with zero attached hydrogens (tertiary/aromatic N) is 3. The Kier molecular flexibility index (Phi) is 3.29. The predicted octanol–water partition coefficient (Wildman–Crippen LogP) is 1.21. The van der Waals surface area contributed by atoms with Gasteiger partial charge in [0.1, 0.15) is 11.9 Å². The summed E-state index contributed by atoms with van der Waals surface area (Å²) in [5.74, 6) is -0.682. The van der Waals surface area contributed by atoms with Gasteiger partial charge in [-0.2, -0.15) is 9.78 Å². The molecule has 0 saturated heterocycles. The first kappa shape index (κ1) is 12.5. The highest BCUT2D eigenvalue weighted by molar-refractivity contribution is 6.30. The molecule has 7 heteroatoms. The third-order valence-electron chi connectivity index (χ3n) is 2.42. The summed E-state index contributed by atoms with van der Waals surface area (Å²) in [5.41, 5.74) is -1.26. The number of aromatic nitrogens is 3. The van der Waals surface area contributed by atoms with Crippen molar-refractivity contribution < 1.29 is 4.39 Å². The summed E-state index contributed by atoms with van der Waals surface area (Å²) in [6, 6.07) is 3.85. The van der Waals surface area contributed by atoms with Gasteiger partial charge in [0.05, 0.1) is 0 Å². The summed E-state index contributed by atoms with van der Waals surface area (Å²) >= 11 is 5.62. The summed E-state index contributed by atoms with van der Waals surface area (Å²) in [6.07, 6.45) is 0.971. The molecule has 0 aliphatic rings. The average Bonchev–Trinajstić information content (AvgIpc) is 2.31. The van der Waals surface area contributed by atoms with Crippen LogP contribution in [0.3, 0.4) is 0 Å². The first-order valence-corrected chi connectivity index (χ1v) is 5.57. The van der Waals surface area contributed by atoms with Gasteiger partial charge in [0.15, 0.2) is 5.82 Å². The van der Waals surface area contributed by atoms with Crippen LogP contribution in [-0.2, 0) is 6.54 Å². The normalized spacial score (nSPS) is 10.6. The maximum atomic E-state index is 13.7. The molecular weight excluding hydrogens is 261 g/mol. The van der Waals surface area contributed by atoms with Gasteiger partial charge in [0, 0.05) is 11.6 Å². The van der Waals surface area contributed by atoms with Crippen molar-refractivity contribution in [2.24, 2.45) is 0 Å². The molecule has 1 aromatic carbocycles. The molecule has 0 spiro atoms. The van der Waals surface area contributed by atoms with E-state index in [0.29, 0.717) is 0 Å². The lowest BCUT2D eigenvalue weighted by Gasteiger charge is -2.07. The van der Waals surface area contributed by atoms with Crippen LogP contribution in [0.2, 0.25) is 5.02 Å². The molecule has 0 bridgehead atoms. The maximum absolute atomic E-state index is 13.7. The van der Waals surface area contributed by atoms with Gasteiger partial charge in [-0.05, 0) is 25.1 Å². The van der Waals surface area contributed by atoms with Crippen molar-refractivity contribution in [1.82, 2.24) is 14.3 Å². The third-order valence-corrected chi connectivity index (χ3v) is 2.65. The first-order chi connectivity index (χ1) is 8.54. The van der Waals surface area contributed by atoms with Gasteiger partial charge >= 0.3 is 5.69 Å². The van der Waals surface area contributed by atoms with E-state index in [1.54, 1.807) is 6.92 Å². The zero-order chi connectivity index (χ0) is 13.3. The van der Waals surface area contributed by atoms with Gasteiger partial charge in [-0.25, -0.2) is 9.18 Å². The SMILES string of the molecule is CCn1c(=O)cnn(-c2ccc(Cl)cc2F)c1=O. The topological polar surface area (TPSA) is 56.9 Å². The number of hydrogen-bond acceptors (Lipinski definition) is 3. The van der Waals surface area contributed by atoms with E-state index in [-0.39, 0.29) is 17.3 Å². The molecule has 0 N–H and O–H groups in total. The minimum Gasteiger partial charge on any atom is -0.267 e. The van der Waals surface area contributed by atoms with Crippen LogP contribution < -0.4 is 11.2 Å². The van der Waals surface area contributed by atoms with E-state index >= 15 is 0 Å². The number of benzene rings is 1. The minimum atomic E-state index is -0.689. The summed E-state index contributed by atoms with van der Waals surface area (Å²) in [6.45, 7) is 1.83. The molecule has 2 aromatic rings. The summed E-state index contributed by atoms with van der Waals surface area (Å²) in [7, 11) is 0. The Bertz CT molecular complexity index is 708. The molecule has 0 atom stereocenters. The molecule has 0 unspecified atom stereocenters. The lowest BCUT2D eigenvalue weighted by Crippen LogP contribution is -2.39. The average molecular weight is 270 g/mol. The van der Waals surface area contributed by atoms with Crippen LogP contribution >= 0.6 is 11.6 Å². The van der Waals surface area contributed by atoms with Gasteiger partial charge in [0.25, 0.3) is 5.56 Å². The molecule has 0 aliphatic heterocycles. The van der Waals surface area contributed by atoms with Crippen molar-refractivity contribution in [3.05, 3.63) is 56.1 Å². The predicted molar refractivity (Wildman–Crippen MR) is 64.7 cm³/mol. The van der Waals surface area contributed by atoms with Crippen molar-refractivity contribution in [1.29, 1.82) is 0 Å². The van der Waals surface area contributed by atoms with Crippen LogP contribution in [0.1, 0.15) is 6.92 Å².